The predicted molar refractivity (Wildman–Crippen MR) is 93.4 cm³/mol. The fraction of sp³-hybridized carbons (Fsp3) is 0.850. The lowest BCUT2D eigenvalue weighted by molar-refractivity contribution is -0.240. The molecule has 0 unspecified atom stereocenters. The second-order valence-corrected chi connectivity index (χ2v) is 10.8. The predicted octanol–water partition coefficient (Wildman–Crippen LogP) is -2.40. The molecule has 0 aromatic carbocycles. The van der Waals surface area contributed by atoms with Crippen molar-refractivity contribution in [3.8, 4) is 0 Å². The first-order valence-corrected chi connectivity index (χ1v) is 10.3. The van der Waals surface area contributed by atoms with E-state index in [9.17, 15) is 34.8 Å². The van der Waals surface area contributed by atoms with Crippen LogP contribution in [0.5, 0.6) is 0 Å². The van der Waals surface area contributed by atoms with Crippen LogP contribution >= 0.6 is 0 Å². The quantitative estimate of drug-likeness (QED) is 0.234. The number of ether oxygens (including phenoxy) is 4. The van der Waals surface area contributed by atoms with Gasteiger partial charge in [-0.05, 0) is 12.3 Å². The molecule has 6 aliphatic rings. The zero-order valence-electron chi connectivity index (χ0n) is 17.3. The number of aliphatic hydroxyl groups excluding tert-OH is 3. The standard InChI is InChI=1S/C20H24O11/c1-5-12(24)28-11-8(22)18-10-6(21)7(16(2,3)4)17(18)9(23)13(25)30-15(17)31-20(18,14(26)29-10)19(5,11)27/h5-11,15,21-23,27H,1-4H3/t5-,6-,7+,8+,9-,10-,11+,15+,17+,18-,19-,20-/m1/s1. The normalized spacial score (nSPS) is 61.0. The number of carbonyl (C=O) groups is 3. The molecule has 0 bridgehead atoms. The van der Waals surface area contributed by atoms with Gasteiger partial charge in [0.15, 0.2) is 17.8 Å². The minimum absolute atomic E-state index is 0.792. The van der Waals surface area contributed by atoms with Crippen LogP contribution in [0, 0.1) is 28.1 Å². The number of aliphatic hydroxyl groups is 4. The van der Waals surface area contributed by atoms with E-state index in [0.29, 0.717) is 0 Å². The molecule has 4 N–H and O–H groups in total. The molecule has 0 aromatic rings. The molecule has 0 radical (unpaired) electrons. The van der Waals surface area contributed by atoms with Crippen LogP contribution in [0.15, 0.2) is 0 Å². The molecule has 2 spiro atoms. The average molecular weight is 440 g/mol. The molecule has 170 valence electrons. The van der Waals surface area contributed by atoms with E-state index in [1.807, 2.05) is 0 Å². The molecule has 2 aliphatic carbocycles. The highest BCUT2D eigenvalue weighted by molar-refractivity contribution is 5.94. The molecule has 4 aliphatic heterocycles. The number of hydrogen-bond acceptors (Lipinski definition) is 11. The number of hydrogen-bond donors (Lipinski definition) is 4. The maximum Gasteiger partial charge on any atom is 0.343 e. The van der Waals surface area contributed by atoms with Crippen LogP contribution in [0.25, 0.3) is 0 Å². The highest BCUT2D eigenvalue weighted by atomic mass is 16.8. The van der Waals surface area contributed by atoms with Crippen molar-refractivity contribution < 1.29 is 53.8 Å². The third kappa shape index (κ3) is 1.43. The minimum Gasteiger partial charge on any atom is -0.456 e. The van der Waals surface area contributed by atoms with Gasteiger partial charge in [0, 0.05) is 5.92 Å². The van der Waals surface area contributed by atoms with Gasteiger partial charge in [0.2, 0.25) is 11.9 Å². The van der Waals surface area contributed by atoms with Crippen LogP contribution in [0.1, 0.15) is 27.7 Å². The van der Waals surface area contributed by atoms with Crippen molar-refractivity contribution in [3.63, 3.8) is 0 Å². The van der Waals surface area contributed by atoms with Gasteiger partial charge >= 0.3 is 17.9 Å². The van der Waals surface area contributed by atoms with Crippen LogP contribution in [0.2, 0.25) is 0 Å². The number of fused-ring (bicyclic) bond motifs is 1. The van der Waals surface area contributed by atoms with Gasteiger partial charge in [0.25, 0.3) is 0 Å². The molecule has 6 fully saturated rings. The Morgan fingerprint density at radius 1 is 0.935 bits per heavy atom. The molecule has 6 rings (SSSR count). The largest absolute Gasteiger partial charge is 0.456 e. The summed E-state index contributed by atoms with van der Waals surface area (Å²) in [6, 6.07) is 0. The first-order valence-electron chi connectivity index (χ1n) is 10.3. The number of rotatable bonds is 0. The second-order valence-electron chi connectivity index (χ2n) is 10.8. The van der Waals surface area contributed by atoms with Crippen LogP contribution < -0.4 is 0 Å². The minimum atomic E-state index is -2.40. The van der Waals surface area contributed by atoms with Gasteiger partial charge in [0.1, 0.15) is 12.2 Å². The second kappa shape index (κ2) is 4.91. The van der Waals surface area contributed by atoms with Crippen LogP contribution in [-0.2, 0) is 33.3 Å². The summed E-state index contributed by atoms with van der Waals surface area (Å²) in [7, 11) is 0. The van der Waals surface area contributed by atoms with Crippen molar-refractivity contribution >= 4 is 17.9 Å². The Morgan fingerprint density at radius 3 is 2.19 bits per heavy atom. The molecule has 4 heterocycles. The van der Waals surface area contributed by atoms with Gasteiger partial charge in [-0.1, -0.05) is 20.8 Å². The molecule has 11 heteroatoms. The zero-order valence-corrected chi connectivity index (χ0v) is 17.3. The number of esters is 3. The molecule has 12 atom stereocenters. The maximum absolute atomic E-state index is 13.4. The van der Waals surface area contributed by atoms with Gasteiger partial charge in [-0.2, -0.15) is 0 Å². The van der Waals surface area contributed by atoms with Gasteiger partial charge in [0.05, 0.1) is 22.9 Å². The van der Waals surface area contributed by atoms with Crippen molar-refractivity contribution in [2.75, 3.05) is 0 Å². The summed E-state index contributed by atoms with van der Waals surface area (Å²) in [5, 5.41) is 46.1. The van der Waals surface area contributed by atoms with E-state index >= 15 is 0 Å². The summed E-state index contributed by atoms with van der Waals surface area (Å²) in [5.41, 5.74) is -9.40. The summed E-state index contributed by atoms with van der Waals surface area (Å²) in [6.45, 7) is 6.63. The Kier molecular flexibility index (Phi) is 3.15. The molecule has 0 amide bonds. The van der Waals surface area contributed by atoms with Gasteiger partial charge in [-0.15, -0.1) is 0 Å². The molecule has 4 saturated heterocycles. The monoisotopic (exact) mass is 440 g/mol. The first-order chi connectivity index (χ1) is 14.3. The third-order valence-electron chi connectivity index (χ3n) is 8.95. The molecule has 31 heavy (non-hydrogen) atoms. The Balaban J connectivity index is 1.75. The molecular formula is C20H24O11. The first kappa shape index (κ1) is 19.9. The summed E-state index contributed by atoms with van der Waals surface area (Å²) >= 11 is 0. The lowest BCUT2D eigenvalue weighted by Gasteiger charge is -2.47. The lowest BCUT2D eigenvalue weighted by atomic mass is 9.51. The van der Waals surface area contributed by atoms with Crippen LogP contribution in [-0.4, -0.2) is 86.3 Å². The van der Waals surface area contributed by atoms with Gasteiger partial charge < -0.3 is 39.4 Å². The third-order valence-corrected chi connectivity index (χ3v) is 8.95. The molecular weight excluding hydrogens is 416 g/mol. The van der Waals surface area contributed by atoms with Crippen molar-refractivity contribution in [3.05, 3.63) is 0 Å². The fourth-order valence-electron chi connectivity index (χ4n) is 8.27. The van der Waals surface area contributed by atoms with Crippen molar-refractivity contribution in [1.82, 2.24) is 0 Å². The number of carbonyl (C=O) groups excluding carboxylic acids is 3. The van der Waals surface area contributed by atoms with Gasteiger partial charge in [-0.3, -0.25) is 4.79 Å². The Morgan fingerprint density at radius 2 is 1.58 bits per heavy atom. The summed E-state index contributed by atoms with van der Waals surface area (Å²) in [5.74, 6) is -5.22. The summed E-state index contributed by atoms with van der Waals surface area (Å²) < 4.78 is 22.2. The van der Waals surface area contributed by atoms with E-state index < -0.39 is 94.0 Å². The molecule has 0 aromatic heterocycles. The lowest BCUT2D eigenvalue weighted by Crippen LogP contribution is -2.67. The fourth-order valence-corrected chi connectivity index (χ4v) is 8.27. The highest BCUT2D eigenvalue weighted by Gasteiger charge is 3.05. The van der Waals surface area contributed by atoms with E-state index in [4.69, 9.17) is 18.9 Å². The average Bonchev–Trinajstić information content (AvgIpc) is 3.35. The van der Waals surface area contributed by atoms with Crippen LogP contribution in [0.4, 0.5) is 0 Å². The van der Waals surface area contributed by atoms with E-state index in [1.165, 1.54) is 6.92 Å². The zero-order chi connectivity index (χ0) is 22.7. The van der Waals surface area contributed by atoms with Crippen molar-refractivity contribution in [2.45, 2.75) is 75.7 Å². The van der Waals surface area contributed by atoms with Crippen molar-refractivity contribution in [1.29, 1.82) is 0 Å². The smallest absolute Gasteiger partial charge is 0.343 e. The Labute approximate surface area is 176 Å². The maximum atomic E-state index is 13.4. The van der Waals surface area contributed by atoms with E-state index in [0.717, 1.165) is 0 Å². The summed E-state index contributed by atoms with van der Waals surface area (Å²) in [6.07, 6.45) is -9.69. The Hall–Kier alpha value is -1.79. The Bertz CT molecular complexity index is 957. The highest BCUT2D eigenvalue weighted by Crippen LogP contribution is 2.84. The van der Waals surface area contributed by atoms with Crippen LogP contribution in [0.3, 0.4) is 0 Å². The van der Waals surface area contributed by atoms with Crippen molar-refractivity contribution in [2.24, 2.45) is 28.1 Å². The summed E-state index contributed by atoms with van der Waals surface area (Å²) in [4.78, 5) is 38.3. The SMILES string of the molecule is C[C@@H]1C(=O)O[C@H]2[C@H](O)[C@]34[C@@H]5OC(=O)[C@]3(O[C@@H]3OC(=O)[C@@H](O)[C@@]34[C@H](C(C)(C)C)[C@H]5O)[C@@]12O. The van der Waals surface area contributed by atoms with E-state index in [1.54, 1.807) is 20.8 Å². The molecule has 11 nitrogen and oxygen atoms in total. The topological polar surface area (TPSA) is 169 Å². The van der Waals surface area contributed by atoms with E-state index in [2.05, 4.69) is 0 Å². The van der Waals surface area contributed by atoms with Gasteiger partial charge in [-0.25, -0.2) is 9.59 Å². The molecule has 2 saturated carbocycles. The van der Waals surface area contributed by atoms with E-state index in [-0.39, 0.29) is 0 Å².